The van der Waals surface area contributed by atoms with Crippen LogP contribution in [0.25, 0.3) is 0 Å². The topological polar surface area (TPSA) is 58.2 Å². The van der Waals surface area contributed by atoms with E-state index >= 15 is 0 Å². The van der Waals surface area contributed by atoms with E-state index in [2.05, 4.69) is 17.0 Å². The third-order valence-corrected chi connectivity index (χ3v) is 4.38. The average molecular weight is 234 g/mol. The van der Waals surface area contributed by atoms with Gasteiger partial charge in [-0.2, -0.15) is 0 Å². The van der Waals surface area contributed by atoms with Gasteiger partial charge in [-0.25, -0.2) is 13.1 Å². The molecule has 1 saturated heterocycles. The molecule has 0 saturated carbocycles. The van der Waals surface area contributed by atoms with Crippen molar-refractivity contribution >= 4 is 10.0 Å². The van der Waals surface area contributed by atoms with Gasteiger partial charge < -0.3 is 5.32 Å². The van der Waals surface area contributed by atoms with Crippen molar-refractivity contribution in [2.75, 3.05) is 18.8 Å². The average Bonchev–Trinajstić information content (AvgIpc) is 2.29. The zero-order chi connectivity index (χ0) is 11.7. The van der Waals surface area contributed by atoms with Crippen molar-refractivity contribution in [2.24, 2.45) is 11.3 Å². The highest BCUT2D eigenvalue weighted by Crippen LogP contribution is 2.17. The molecule has 0 radical (unpaired) electrons. The summed E-state index contributed by atoms with van der Waals surface area (Å²) < 4.78 is 26.4. The maximum absolute atomic E-state index is 11.8. The highest BCUT2D eigenvalue weighted by Gasteiger charge is 2.29. The minimum absolute atomic E-state index is 0.0531. The Balaban J connectivity index is 2.57. The first-order valence-electron chi connectivity index (χ1n) is 5.40. The lowest BCUT2D eigenvalue weighted by molar-refractivity contribution is 0.447. The third kappa shape index (κ3) is 4.49. The van der Waals surface area contributed by atoms with E-state index < -0.39 is 10.0 Å². The molecule has 1 fully saturated rings. The number of nitrogens with one attached hydrogen (secondary N) is 2. The van der Waals surface area contributed by atoms with E-state index in [1.807, 2.05) is 20.8 Å². The molecule has 15 heavy (non-hydrogen) atoms. The van der Waals surface area contributed by atoms with Gasteiger partial charge in [-0.05, 0) is 17.9 Å². The third-order valence-electron chi connectivity index (χ3n) is 2.47. The summed E-state index contributed by atoms with van der Waals surface area (Å²) in [6.07, 6.45) is 0. The van der Waals surface area contributed by atoms with Gasteiger partial charge in [0.05, 0.1) is 5.75 Å². The van der Waals surface area contributed by atoms with Crippen LogP contribution in [0.1, 0.15) is 27.7 Å². The molecule has 0 aromatic heterocycles. The SMILES string of the molecule is CC1CNCC1NS(=O)(=O)CC(C)(C)C. The Kier molecular flexibility index (Phi) is 3.79. The number of sulfonamides is 1. The van der Waals surface area contributed by atoms with Gasteiger partial charge in [-0.15, -0.1) is 0 Å². The monoisotopic (exact) mass is 234 g/mol. The normalized spacial score (nSPS) is 28.3. The van der Waals surface area contributed by atoms with E-state index in [-0.39, 0.29) is 17.2 Å². The van der Waals surface area contributed by atoms with Crippen molar-refractivity contribution < 1.29 is 8.42 Å². The number of hydrogen-bond acceptors (Lipinski definition) is 3. The second-order valence-electron chi connectivity index (χ2n) is 5.68. The summed E-state index contributed by atoms with van der Waals surface area (Å²) in [5.41, 5.74) is -0.193. The molecule has 5 heteroatoms. The zero-order valence-corrected chi connectivity index (χ0v) is 10.8. The van der Waals surface area contributed by atoms with E-state index in [1.54, 1.807) is 0 Å². The first kappa shape index (κ1) is 12.9. The van der Waals surface area contributed by atoms with Crippen LogP contribution in [0.2, 0.25) is 0 Å². The fourth-order valence-corrected chi connectivity index (χ4v) is 3.81. The van der Waals surface area contributed by atoms with Gasteiger partial charge >= 0.3 is 0 Å². The van der Waals surface area contributed by atoms with Gasteiger partial charge in [0.1, 0.15) is 0 Å². The summed E-state index contributed by atoms with van der Waals surface area (Å²) in [6.45, 7) is 9.49. The van der Waals surface area contributed by atoms with E-state index in [4.69, 9.17) is 0 Å². The van der Waals surface area contributed by atoms with Gasteiger partial charge in [0, 0.05) is 12.6 Å². The molecule has 2 unspecified atom stereocenters. The van der Waals surface area contributed by atoms with Crippen molar-refractivity contribution in [3.8, 4) is 0 Å². The highest BCUT2D eigenvalue weighted by atomic mass is 32.2. The van der Waals surface area contributed by atoms with Crippen LogP contribution in [0.3, 0.4) is 0 Å². The molecule has 1 rings (SSSR count). The summed E-state index contributed by atoms with van der Waals surface area (Å²) in [7, 11) is -3.15. The van der Waals surface area contributed by atoms with Crippen LogP contribution in [0.5, 0.6) is 0 Å². The van der Waals surface area contributed by atoms with Crippen molar-refractivity contribution in [2.45, 2.75) is 33.7 Å². The zero-order valence-electron chi connectivity index (χ0n) is 10.0. The summed E-state index contributed by atoms with van der Waals surface area (Å²) in [5, 5.41) is 3.18. The van der Waals surface area contributed by atoms with Crippen molar-refractivity contribution in [3.63, 3.8) is 0 Å². The van der Waals surface area contributed by atoms with Gasteiger partial charge in [0.2, 0.25) is 10.0 Å². The molecule has 90 valence electrons. The van der Waals surface area contributed by atoms with Crippen molar-refractivity contribution in [1.29, 1.82) is 0 Å². The van der Waals surface area contributed by atoms with Crippen molar-refractivity contribution in [1.82, 2.24) is 10.0 Å². The fourth-order valence-electron chi connectivity index (χ4n) is 1.81. The first-order valence-corrected chi connectivity index (χ1v) is 7.05. The van der Waals surface area contributed by atoms with Crippen LogP contribution >= 0.6 is 0 Å². The molecule has 0 aromatic carbocycles. The van der Waals surface area contributed by atoms with Crippen LogP contribution in [-0.4, -0.2) is 33.3 Å². The Bertz CT molecular complexity index is 306. The van der Waals surface area contributed by atoms with Crippen LogP contribution in [0, 0.1) is 11.3 Å². The Labute approximate surface area is 92.9 Å². The molecule has 1 aliphatic heterocycles. The maximum atomic E-state index is 11.8. The molecule has 1 aliphatic rings. The minimum atomic E-state index is -3.15. The van der Waals surface area contributed by atoms with Crippen molar-refractivity contribution in [3.05, 3.63) is 0 Å². The smallest absolute Gasteiger partial charge is 0.212 e. The Morgan fingerprint density at radius 1 is 1.33 bits per heavy atom. The summed E-state index contributed by atoms with van der Waals surface area (Å²) >= 11 is 0. The predicted octanol–water partition coefficient (Wildman–Crippen LogP) is 0.560. The summed E-state index contributed by atoms with van der Waals surface area (Å²) in [5.74, 6) is 0.559. The van der Waals surface area contributed by atoms with Crippen LogP contribution in [-0.2, 0) is 10.0 Å². The lowest BCUT2D eigenvalue weighted by Crippen LogP contribution is -2.42. The Morgan fingerprint density at radius 2 is 1.93 bits per heavy atom. The molecule has 2 atom stereocenters. The maximum Gasteiger partial charge on any atom is 0.212 e. The van der Waals surface area contributed by atoms with Crippen LogP contribution in [0.15, 0.2) is 0 Å². The molecule has 0 spiro atoms. The summed E-state index contributed by atoms with van der Waals surface area (Å²) in [6, 6.07) is 0.0531. The van der Waals surface area contributed by atoms with E-state index in [1.165, 1.54) is 0 Å². The fraction of sp³-hybridized carbons (Fsp3) is 1.00. The Hall–Kier alpha value is -0.130. The molecule has 0 aliphatic carbocycles. The van der Waals surface area contributed by atoms with E-state index in [0.717, 1.165) is 13.1 Å². The number of hydrogen-bond donors (Lipinski definition) is 2. The van der Waals surface area contributed by atoms with E-state index in [0.29, 0.717) is 5.92 Å². The standard InChI is InChI=1S/C10H22N2O2S/c1-8-5-11-6-9(8)12-15(13,14)7-10(2,3)4/h8-9,11-12H,5-7H2,1-4H3. The van der Waals surface area contributed by atoms with Gasteiger partial charge in [0.25, 0.3) is 0 Å². The quantitative estimate of drug-likeness (QED) is 0.750. The molecular formula is C10H22N2O2S. The molecule has 0 bridgehead atoms. The second kappa shape index (κ2) is 4.39. The Morgan fingerprint density at radius 3 is 2.33 bits per heavy atom. The molecule has 1 heterocycles. The van der Waals surface area contributed by atoms with Gasteiger partial charge in [-0.3, -0.25) is 0 Å². The molecule has 2 N–H and O–H groups in total. The first-order chi connectivity index (χ1) is 6.70. The lowest BCUT2D eigenvalue weighted by atomic mass is 10.0. The predicted molar refractivity (Wildman–Crippen MR) is 62.2 cm³/mol. The van der Waals surface area contributed by atoms with Gasteiger partial charge in [-0.1, -0.05) is 27.7 Å². The van der Waals surface area contributed by atoms with Gasteiger partial charge in [0.15, 0.2) is 0 Å². The molecular weight excluding hydrogens is 212 g/mol. The second-order valence-corrected chi connectivity index (χ2v) is 7.43. The molecule has 0 aromatic rings. The number of rotatable bonds is 3. The van der Waals surface area contributed by atoms with E-state index in [9.17, 15) is 8.42 Å². The van der Waals surface area contributed by atoms with Crippen LogP contribution in [0.4, 0.5) is 0 Å². The highest BCUT2D eigenvalue weighted by molar-refractivity contribution is 7.89. The molecule has 0 amide bonds. The molecule has 4 nitrogen and oxygen atoms in total. The minimum Gasteiger partial charge on any atom is -0.315 e. The largest absolute Gasteiger partial charge is 0.315 e. The summed E-state index contributed by atoms with van der Waals surface area (Å²) in [4.78, 5) is 0. The lowest BCUT2D eigenvalue weighted by Gasteiger charge is -2.22. The van der Waals surface area contributed by atoms with Crippen LogP contribution < -0.4 is 10.0 Å².